The number of aromatic carboxylic acids is 1. The van der Waals surface area contributed by atoms with Crippen LogP contribution in [0.15, 0.2) is 17.1 Å². The van der Waals surface area contributed by atoms with Gasteiger partial charge in [-0.25, -0.2) is 13.6 Å². The maximum absolute atomic E-state index is 15.7. The first-order valence-corrected chi connectivity index (χ1v) is 10.0. The number of carboxylic acids is 1. The number of carboxylic acid groups (broad SMARTS) is 1. The molecule has 2 heterocycles. The van der Waals surface area contributed by atoms with E-state index in [9.17, 15) is 14.7 Å². The largest absolute Gasteiger partial charge is 0.477 e. The third-order valence-electron chi connectivity index (χ3n) is 6.79. The number of carbonyl (C=O) groups is 1. The summed E-state index contributed by atoms with van der Waals surface area (Å²) in [7, 11) is 0. The Labute approximate surface area is 166 Å². The molecule has 156 valence electrons. The zero-order chi connectivity index (χ0) is 21.1. The zero-order valence-corrected chi connectivity index (χ0v) is 16.5. The molecular formula is C21H25F2N3O3. The molecule has 0 radical (unpaired) electrons. The number of rotatable bonds is 5. The van der Waals surface area contributed by atoms with Crippen LogP contribution in [0.1, 0.15) is 55.9 Å². The quantitative estimate of drug-likeness (QED) is 0.797. The van der Waals surface area contributed by atoms with Crippen molar-refractivity contribution in [2.75, 3.05) is 18.0 Å². The van der Waals surface area contributed by atoms with E-state index >= 15 is 8.78 Å². The minimum Gasteiger partial charge on any atom is -0.477 e. The van der Waals surface area contributed by atoms with Gasteiger partial charge in [-0.05, 0) is 31.7 Å². The number of hydrogen-bond acceptors (Lipinski definition) is 4. The number of anilines is 1. The molecule has 1 aliphatic heterocycles. The van der Waals surface area contributed by atoms with Gasteiger partial charge in [0.25, 0.3) is 0 Å². The van der Waals surface area contributed by atoms with Crippen LogP contribution >= 0.6 is 0 Å². The summed E-state index contributed by atoms with van der Waals surface area (Å²) in [5, 5.41) is 9.10. The number of nitrogens with two attached hydrogens (primary N) is 1. The molecule has 8 heteroatoms. The predicted molar refractivity (Wildman–Crippen MR) is 107 cm³/mol. The van der Waals surface area contributed by atoms with E-state index in [0.717, 1.165) is 31.7 Å². The molecule has 4 rings (SSSR count). The minimum absolute atomic E-state index is 0.0297. The van der Waals surface area contributed by atoms with E-state index in [1.54, 1.807) is 4.90 Å². The Morgan fingerprint density at radius 1 is 1.31 bits per heavy atom. The van der Waals surface area contributed by atoms with Gasteiger partial charge in [-0.3, -0.25) is 4.79 Å². The topological polar surface area (TPSA) is 88.6 Å². The van der Waals surface area contributed by atoms with Crippen molar-refractivity contribution < 1.29 is 18.7 Å². The highest BCUT2D eigenvalue weighted by molar-refractivity contribution is 5.94. The van der Waals surface area contributed by atoms with Gasteiger partial charge in [-0.2, -0.15) is 0 Å². The Hall–Kier alpha value is -2.48. The number of halogens is 2. The lowest BCUT2D eigenvalue weighted by molar-refractivity contribution is 0.0694. The number of pyridine rings is 1. The number of fused-ring (bicyclic) bond motifs is 1. The van der Waals surface area contributed by atoms with Gasteiger partial charge in [0, 0.05) is 36.8 Å². The summed E-state index contributed by atoms with van der Waals surface area (Å²) in [4.78, 5) is 25.7. The van der Waals surface area contributed by atoms with Crippen LogP contribution in [0.5, 0.6) is 0 Å². The van der Waals surface area contributed by atoms with Crippen molar-refractivity contribution in [3.05, 3.63) is 39.7 Å². The predicted octanol–water partition coefficient (Wildman–Crippen LogP) is 3.27. The van der Waals surface area contributed by atoms with Gasteiger partial charge in [-0.15, -0.1) is 0 Å². The standard InChI is InChI=1S/C21H25F2N3O3/c1-3-21(4-2)10-25(9-15(21)24)18-14(22)7-12-17(16(18)23)26(11-5-6-11)8-13(19(12)27)20(28)29/h7-8,11,15H,3-6,9-10,24H2,1-2H3,(H,28,29)/t15-/m1/s1. The fourth-order valence-corrected chi connectivity index (χ4v) is 4.68. The second kappa shape index (κ2) is 6.79. The SMILES string of the molecule is CCC1(CC)CN(c2c(F)cc3c(=O)c(C(=O)O)cn(C4CC4)c3c2F)C[C@H]1N. The summed E-state index contributed by atoms with van der Waals surface area (Å²) in [6.07, 6.45) is 4.30. The average Bonchev–Trinajstić information content (AvgIpc) is 3.46. The van der Waals surface area contributed by atoms with E-state index < -0.39 is 28.6 Å². The van der Waals surface area contributed by atoms with E-state index in [0.29, 0.717) is 13.1 Å². The molecule has 6 nitrogen and oxygen atoms in total. The van der Waals surface area contributed by atoms with Crippen molar-refractivity contribution >= 4 is 22.6 Å². The van der Waals surface area contributed by atoms with Crippen LogP contribution in [-0.2, 0) is 0 Å². The van der Waals surface area contributed by atoms with E-state index in [2.05, 4.69) is 0 Å². The second-order valence-electron chi connectivity index (χ2n) is 8.29. The Morgan fingerprint density at radius 3 is 2.48 bits per heavy atom. The smallest absolute Gasteiger partial charge is 0.341 e. The van der Waals surface area contributed by atoms with Crippen molar-refractivity contribution in [2.45, 2.75) is 51.6 Å². The minimum atomic E-state index is -1.41. The lowest BCUT2D eigenvalue weighted by Crippen LogP contribution is -2.39. The summed E-state index contributed by atoms with van der Waals surface area (Å²) in [6, 6.07) is 0.674. The number of benzene rings is 1. The molecule has 1 aromatic carbocycles. The van der Waals surface area contributed by atoms with Crippen LogP contribution in [0, 0.1) is 17.0 Å². The molecule has 0 unspecified atom stereocenters. The van der Waals surface area contributed by atoms with Gasteiger partial charge in [0.15, 0.2) is 5.82 Å². The molecule has 1 saturated carbocycles. The summed E-state index contributed by atoms with van der Waals surface area (Å²) >= 11 is 0. The highest BCUT2D eigenvalue weighted by Gasteiger charge is 2.44. The molecule has 2 aliphatic rings. The summed E-state index contributed by atoms with van der Waals surface area (Å²) in [5.41, 5.74) is 4.54. The summed E-state index contributed by atoms with van der Waals surface area (Å²) in [5.74, 6) is -3.10. The van der Waals surface area contributed by atoms with Crippen LogP contribution in [-0.4, -0.2) is 34.8 Å². The van der Waals surface area contributed by atoms with Gasteiger partial charge < -0.3 is 20.3 Å². The molecule has 0 bridgehead atoms. The highest BCUT2D eigenvalue weighted by Crippen LogP contribution is 2.43. The van der Waals surface area contributed by atoms with Crippen LogP contribution < -0.4 is 16.1 Å². The van der Waals surface area contributed by atoms with Crippen LogP contribution in [0.4, 0.5) is 14.5 Å². The van der Waals surface area contributed by atoms with Crippen LogP contribution in [0.3, 0.4) is 0 Å². The number of hydrogen-bond donors (Lipinski definition) is 2. The normalized spacial score (nSPS) is 21.1. The number of nitrogens with zero attached hydrogens (tertiary/aromatic N) is 2. The van der Waals surface area contributed by atoms with Gasteiger partial charge in [0.1, 0.15) is 17.1 Å². The van der Waals surface area contributed by atoms with Gasteiger partial charge in [-0.1, -0.05) is 13.8 Å². The summed E-state index contributed by atoms with van der Waals surface area (Å²) < 4.78 is 32.3. The zero-order valence-electron chi connectivity index (χ0n) is 16.5. The third-order valence-corrected chi connectivity index (χ3v) is 6.79. The molecule has 0 spiro atoms. The Balaban J connectivity index is 1.94. The van der Waals surface area contributed by atoms with E-state index in [-0.39, 0.29) is 34.1 Å². The van der Waals surface area contributed by atoms with Crippen molar-refractivity contribution in [1.82, 2.24) is 4.57 Å². The monoisotopic (exact) mass is 405 g/mol. The lowest BCUT2D eigenvalue weighted by Gasteiger charge is -2.30. The van der Waals surface area contributed by atoms with Gasteiger partial charge in [0.05, 0.1) is 10.9 Å². The first kappa shape index (κ1) is 19.8. The Kier molecular flexibility index (Phi) is 4.64. The molecule has 1 atom stereocenters. The molecular weight excluding hydrogens is 380 g/mol. The van der Waals surface area contributed by atoms with Crippen molar-refractivity contribution in [3.8, 4) is 0 Å². The van der Waals surface area contributed by atoms with Gasteiger partial charge in [0.2, 0.25) is 5.43 Å². The molecule has 2 aromatic rings. The van der Waals surface area contributed by atoms with E-state index in [4.69, 9.17) is 5.73 Å². The van der Waals surface area contributed by atoms with Crippen LogP contribution in [0.25, 0.3) is 10.9 Å². The van der Waals surface area contributed by atoms with E-state index in [1.165, 1.54) is 10.8 Å². The van der Waals surface area contributed by atoms with Gasteiger partial charge >= 0.3 is 5.97 Å². The Bertz CT molecular complexity index is 1060. The summed E-state index contributed by atoms with van der Waals surface area (Å²) in [6.45, 7) is 4.81. The molecule has 29 heavy (non-hydrogen) atoms. The molecule has 2 fully saturated rings. The Morgan fingerprint density at radius 2 is 1.97 bits per heavy atom. The van der Waals surface area contributed by atoms with Crippen molar-refractivity contribution in [2.24, 2.45) is 11.1 Å². The first-order chi connectivity index (χ1) is 13.7. The second-order valence-corrected chi connectivity index (χ2v) is 8.29. The maximum Gasteiger partial charge on any atom is 0.341 e. The lowest BCUT2D eigenvalue weighted by atomic mass is 9.78. The van der Waals surface area contributed by atoms with Crippen molar-refractivity contribution in [1.29, 1.82) is 0 Å². The third kappa shape index (κ3) is 2.92. The fourth-order valence-electron chi connectivity index (χ4n) is 4.68. The molecule has 1 aromatic heterocycles. The molecule has 3 N–H and O–H groups in total. The van der Waals surface area contributed by atoms with Crippen molar-refractivity contribution in [3.63, 3.8) is 0 Å². The highest BCUT2D eigenvalue weighted by atomic mass is 19.1. The first-order valence-electron chi connectivity index (χ1n) is 10.0. The molecule has 1 saturated heterocycles. The van der Waals surface area contributed by atoms with Crippen LogP contribution in [0.2, 0.25) is 0 Å². The maximum atomic E-state index is 15.7. The number of aromatic nitrogens is 1. The van der Waals surface area contributed by atoms with E-state index in [1.807, 2.05) is 13.8 Å². The fraction of sp³-hybridized carbons (Fsp3) is 0.524. The molecule has 1 aliphatic carbocycles. The average molecular weight is 405 g/mol. The molecule has 0 amide bonds.